The van der Waals surface area contributed by atoms with E-state index < -0.39 is 5.97 Å². The number of carbonyl (C=O) groups is 2. The van der Waals surface area contributed by atoms with E-state index in [9.17, 15) is 9.59 Å². The first-order chi connectivity index (χ1) is 9.99. The number of amides is 1. The first-order valence-electron chi connectivity index (χ1n) is 5.98. The van der Waals surface area contributed by atoms with E-state index in [1.807, 2.05) is 0 Å². The van der Waals surface area contributed by atoms with Gasteiger partial charge >= 0.3 is 5.97 Å². The molecule has 0 heterocycles. The molecule has 0 saturated heterocycles. The molecule has 0 aliphatic heterocycles. The molecule has 2 N–H and O–H groups in total. The van der Waals surface area contributed by atoms with Gasteiger partial charge in [-0.3, -0.25) is 9.59 Å². The van der Waals surface area contributed by atoms with Crippen LogP contribution in [0.4, 0.5) is 0 Å². The lowest BCUT2D eigenvalue weighted by molar-refractivity contribution is -0.133. The van der Waals surface area contributed by atoms with Crippen molar-refractivity contribution in [1.82, 2.24) is 5.32 Å². The quantitative estimate of drug-likeness (QED) is 0.674. The van der Waals surface area contributed by atoms with Crippen LogP contribution in [0.25, 0.3) is 0 Å². The fourth-order valence-electron chi connectivity index (χ4n) is 1.55. The summed E-state index contributed by atoms with van der Waals surface area (Å²) >= 11 is 4.57. The van der Waals surface area contributed by atoms with E-state index >= 15 is 0 Å². The zero-order valence-corrected chi connectivity index (χ0v) is 14.0. The molecular formula is C13H16BrNO5S. The highest BCUT2D eigenvalue weighted by Crippen LogP contribution is 2.36. The number of benzene rings is 1. The van der Waals surface area contributed by atoms with Crippen LogP contribution in [0, 0.1) is 0 Å². The summed E-state index contributed by atoms with van der Waals surface area (Å²) in [5, 5.41) is 11.2. The van der Waals surface area contributed by atoms with Crippen molar-refractivity contribution < 1.29 is 24.2 Å². The molecule has 0 unspecified atom stereocenters. The number of halogens is 1. The molecule has 6 nitrogen and oxygen atoms in total. The van der Waals surface area contributed by atoms with Crippen LogP contribution in [0.15, 0.2) is 16.6 Å². The molecule has 0 spiro atoms. The average Bonchev–Trinajstić information content (AvgIpc) is 2.45. The SMILES string of the molecule is COc1cc(C(=O)NCCSCC(=O)O)cc(Br)c1OC. The van der Waals surface area contributed by atoms with Gasteiger partial charge in [-0.25, -0.2) is 0 Å². The second-order valence-electron chi connectivity index (χ2n) is 3.90. The van der Waals surface area contributed by atoms with Crippen molar-refractivity contribution in [3.63, 3.8) is 0 Å². The Labute approximate surface area is 135 Å². The first-order valence-corrected chi connectivity index (χ1v) is 7.93. The van der Waals surface area contributed by atoms with Crippen LogP contribution in [0.5, 0.6) is 11.5 Å². The summed E-state index contributed by atoms with van der Waals surface area (Å²) in [6.07, 6.45) is 0. The minimum atomic E-state index is -0.866. The lowest BCUT2D eigenvalue weighted by Gasteiger charge is -2.12. The topological polar surface area (TPSA) is 84.9 Å². The van der Waals surface area contributed by atoms with E-state index in [2.05, 4.69) is 21.2 Å². The second kappa shape index (κ2) is 8.78. The molecule has 0 bridgehead atoms. The number of carbonyl (C=O) groups excluding carboxylic acids is 1. The Kier molecular flexibility index (Phi) is 7.38. The predicted molar refractivity (Wildman–Crippen MR) is 84.5 cm³/mol. The number of ether oxygens (including phenoxy) is 2. The molecule has 0 radical (unpaired) electrons. The Balaban J connectivity index is 2.62. The fraction of sp³-hybridized carbons (Fsp3) is 0.385. The minimum absolute atomic E-state index is 0.0256. The van der Waals surface area contributed by atoms with Gasteiger partial charge in [0.05, 0.1) is 24.4 Å². The van der Waals surface area contributed by atoms with Crippen LogP contribution in [-0.4, -0.2) is 49.3 Å². The van der Waals surface area contributed by atoms with E-state index in [1.54, 1.807) is 12.1 Å². The zero-order chi connectivity index (χ0) is 15.8. The van der Waals surface area contributed by atoms with E-state index in [0.717, 1.165) is 0 Å². The molecule has 1 aromatic rings. The summed E-state index contributed by atoms with van der Waals surface area (Å²) < 4.78 is 11.0. The molecule has 0 aliphatic carbocycles. The van der Waals surface area contributed by atoms with E-state index in [1.165, 1.54) is 26.0 Å². The Morgan fingerprint density at radius 3 is 2.62 bits per heavy atom. The number of hydrogen-bond acceptors (Lipinski definition) is 5. The van der Waals surface area contributed by atoms with Gasteiger partial charge in [-0.2, -0.15) is 0 Å². The van der Waals surface area contributed by atoms with Gasteiger partial charge < -0.3 is 19.9 Å². The van der Waals surface area contributed by atoms with E-state index in [-0.39, 0.29) is 11.7 Å². The van der Waals surface area contributed by atoms with Gasteiger partial charge in [0.25, 0.3) is 5.91 Å². The standard InChI is InChI=1S/C13H16BrNO5S/c1-19-10-6-8(5-9(14)12(10)20-2)13(18)15-3-4-21-7-11(16)17/h5-6H,3-4,7H2,1-2H3,(H,15,18)(H,16,17). The van der Waals surface area contributed by atoms with Crippen molar-refractivity contribution in [2.45, 2.75) is 0 Å². The molecule has 0 aliphatic rings. The minimum Gasteiger partial charge on any atom is -0.493 e. The molecule has 21 heavy (non-hydrogen) atoms. The first kappa shape index (κ1) is 17.6. The highest BCUT2D eigenvalue weighted by atomic mass is 79.9. The van der Waals surface area contributed by atoms with Gasteiger partial charge in [0, 0.05) is 17.9 Å². The maximum absolute atomic E-state index is 12.0. The second-order valence-corrected chi connectivity index (χ2v) is 5.86. The Hall–Kier alpha value is -1.41. The molecule has 0 aromatic heterocycles. The van der Waals surface area contributed by atoms with E-state index in [4.69, 9.17) is 14.6 Å². The summed E-state index contributed by atoms with van der Waals surface area (Å²) in [4.78, 5) is 22.4. The van der Waals surface area contributed by atoms with E-state index in [0.29, 0.717) is 33.8 Å². The summed E-state index contributed by atoms with van der Waals surface area (Å²) in [6, 6.07) is 3.23. The summed E-state index contributed by atoms with van der Waals surface area (Å²) in [5.74, 6) is 0.413. The molecule has 0 fully saturated rings. The smallest absolute Gasteiger partial charge is 0.313 e. The van der Waals surface area contributed by atoms with Gasteiger partial charge in [0.15, 0.2) is 11.5 Å². The third-order valence-electron chi connectivity index (χ3n) is 2.45. The molecule has 0 saturated carbocycles. The van der Waals surface area contributed by atoms with Crippen LogP contribution < -0.4 is 14.8 Å². The Morgan fingerprint density at radius 1 is 1.33 bits per heavy atom. The summed E-state index contributed by atoms with van der Waals surface area (Å²) in [5.41, 5.74) is 0.433. The Bertz CT molecular complexity index is 524. The van der Waals surface area contributed by atoms with Gasteiger partial charge in [-0.05, 0) is 28.1 Å². The predicted octanol–water partition coefficient (Wildman–Crippen LogP) is 2.01. The number of carboxylic acid groups (broad SMARTS) is 1. The normalized spacial score (nSPS) is 10.0. The lowest BCUT2D eigenvalue weighted by Crippen LogP contribution is -2.26. The Morgan fingerprint density at radius 2 is 2.05 bits per heavy atom. The maximum atomic E-state index is 12.0. The van der Waals surface area contributed by atoms with Crippen molar-refractivity contribution >= 4 is 39.6 Å². The molecule has 8 heteroatoms. The van der Waals surface area contributed by atoms with Crippen molar-refractivity contribution in [2.24, 2.45) is 0 Å². The number of nitrogens with one attached hydrogen (secondary N) is 1. The number of rotatable bonds is 8. The summed E-state index contributed by atoms with van der Waals surface area (Å²) in [6.45, 7) is 0.392. The van der Waals surface area contributed by atoms with Gasteiger partial charge in [-0.15, -0.1) is 11.8 Å². The third-order valence-corrected chi connectivity index (χ3v) is 3.99. The highest BCUT2D eigenvalue weighted by Gasteiger charge is 2.14. The van der Waals surface area contributed by atoms with Crippen LogP contribution in [0.2, 0.25) is 0 Å². The third kappa shape index (κ3) is 5.47. The fourth-order valence-corrected chi connectivity index (χ4v) is 2.72. The van der Waals surface area contributed by atoms with Gasteiger partial charge in [0.1, 0.15) is 0 Å². The molecule has 1 amide bonds. The van der Waals surface area contributed by atoms with Crippen molar-refractivity contribution in [3.8, 4) is 11.5 Å². The molecule has 0 atom stereocenters. The highest BCUT2D eigenvalue weighted by molar-refractivity contribution is 9.10. The van der Waals surface area contributed by atoms with Crippen LogP contribution >= 0.6 is 27.7 Å². The average molecular weight is 378 g/mol. The molecule has 1 rings (SSSR count). The van der Waals surface area contributed by atoms with Gasteiger partial charge in [-0.1, -0.05) is 0 Å². The largest absolute Gasteiger partial charge is 0.493 e. The van der Waals surface area contributed by atoms with Crippen molar-refractivity contribution in [2.75, 3.05) is 32.3 Å². The number of thioether (sulfide) groups is 1. The molecule has 116 valence electrons. The number of methoxy groups -OCH3 is 2. The summed E-state index contributed by atoms with van der Waals surface area (Å²) in [7, 11) is 3.01. The lowest BCUT2D eigenvalue weighted by atomic mass is 10.2. The number of carboxylic acids is 1. The van der Waals surface area contributed by atoms with Crippen LogP contribution in [-0.2, 0) is 4.79 Å². The van der Waals surface area contributed by atoms with Gasteiger partial charge in [0.2, 0.25) is 0 Å². The van der Waals surface area contributed by atoms with Crippen molar-refractivity contribution in [1.29, 1.82) is 0 Å². The number of hydrogen-bond donors (Lipinski definition) is 2. The number of aliphatic carboxylic acids is 1. The zero-order valence-electron chi connectivity index (χ0n) is 11.6. The maximum Gasteiger partial charge on any atom is 0.313 e. The molecular weight excluding hydrogens is 362 g/mol. The van der Waals surface area contributed by atoms with Crippen LogP contribution in [0.3, 0.4) is 0 Å². The van der Waals surface area contributed by atoms with Crippen LogP contribution in [0.1, 0.15) is 10.4 Å². The monoisotopic (exact) mass is 377 g/mol. The van der Waals surface area contributed by atoms with Crippen molar-refractivity contribution in [3.05, 3.63) is 22.2 Å². The molecule has 1 aromatic carbocycles.